The summed E-state index contributed by atoms with van der Waals surface area (Å²) in [5.74, 6) is -0.0846. The molecule has 0 radical (unpaired) electrons. The fourth-order valence-corrected chi connectivity index (χ4v) is 2.76. The van der Waals surface area contributed by atoms with Crippen molar-refractivity contribution in [1.82, 2.24) is 10.6 Å². The molecule has 122 valence electrons. The number of amides is 1. The van der Waals surface area contributed by atoms with E-state index >= 15 is 0 Å². The van der Waals surface area contributed by atoms with Crippen molar-refractivity contribution in [2.45, 2.75) is 6.54 Å². The molecule has 3 rings (SSSR count). The summed E-state index contributed by atoms with van der Waals surface area (Å²) >= 11 is 5.82. The minimum absolute atomic E-state index is 0.0846. The molecule has 3 aromatic rings. The van der Waals surface area contributed by atoms with Crippen LogP contribution in [0.5, 0.6) is 0 Å². The van der Waals surface area contributed by atoms with Gasteiger partial charge >= 0.3 is 0 Å². The Morgan fingerprint density at radius 3 is 2.46 bits per heavy atom. The predicted octanol–water partition coefficient (Wildman–Crippen LogP) is 4.01. The van der Waals surface area contributed by atoms with Crippen molar-refractivity contribution in [2.75, 3.05) is 13.1 Å². The second-order valence-corrected chi connectivity index (χ2v) is 6.01. The van der Waals surface area contributed by atoms with Gasteiger partial charge in [0.05, 0.1) is 0 Å². The average Bonchev–Trinajstić information content (AvgIpc) is 2.62. The van der Waals surface area contributed by atoms with E-state index in [1.165, 1.54) is 16.3 Å². The Morgan fingerprint density at radius 2 is 1.62 bits per heavy atom. The lowest BCUT2D eigenvalue weighted by atomic mass is 10.0. The van der Waals surface area contributed by atoms with Crippen LogP contribution in [0.25, 0.3) is 10.8 Å². The van der Waals surface area contributed by atoms with Gasteiger partial charge in [-0.15, -0.1) is 0 Å². The first-order valence-corrected chi connectivity index (χ1v) is 8.33. The molecule has 0 heterocycles. The normalized spacial score (nSPS) is 10.7. The highest BCUT2D eigenvalue weighted by Gasteiger charge is 2.04. The van der Waals surface area contributed by atoms with E-state index in [0.29, 0.717) is 23.7 Å². The molecule has 0 bridgehead atoms. The molecule has 0 aliphatic heterocycles. The number of hydrogen-bond donors (Lipinski definition) is 2. The first-order valence-electron chi connectivity index (χ1n) is 7.95. The molecular formula is C20H19ClN2O. The predicted molar refractivity (Wildman–Crippen MR) is 99.4 cm³/mol. The molecule has 1 amide bonds. The summed E-state index contributed by atoms with van der Waals surface area (Å²) in [5.41, 5.74) is 1.88. The lowest BCUT2D eigenvalue weighted by molar-refractivity contribution is 0.0954. The van der Waals surface area contributed by atoms with Crippen LogP contribution in [-0.4, -0.2) is 19.0 Å². The van der Waals surface area contributed by atoms with Crippen LogP contribution < -0.4 is 10.6 Å². The molecule has 0 saturated carbocycles. The van der Waals surface area contributed by atoms with E-state index in [1.807, 2.05) is 6.07 Å². The minimum atomic E-state index is -0.0846. The second-order valence-electron chi connectivity index (χ2n) is 5.58. The van der Waals surface area contributed by atoms with Gasteiger partial charge in [-0.2, -0.15) is 0 Å². The minimum Gasteiger partial charge on any atom is -0.351 e. The highest BCUT2D eigenvalue weighted by molar-refractivity contribution is 6.30. The van der Waals surface area contributed by atoms with Crippen molar-refractivity contribution in [2.24, 2.45) is 0 Å². The van der Waals surface area contributed by atoms with Crippen LogP contribution in [0.3, 0.4) is 0 Å². The summed E-state index contributed by atoms with van der Waals surface area (Å²) in [6.07, 6.45) is 0. The van der Waals surface area contributed by atoms with Gasteiger partial charge < -0.3 is 10.6 Å². The first kappa shape index (κ1) is 16.5. The maximum atomic E-state index is 12.0. The standard InChI is InChI=1S/C20H19ClN2O/c21-18-10-8-16(9-11-18)20(24)23-13-12-22-14-17-6-3-5-15-4-1-2-7-19(15)17/h1-11,22H,12-14H2,(H,23,24). The Balaban J connectivity index is 1.47. The lowest BCUT2D eigenvalue weighted by Gasteiger charge is -2.09. The van der Waals surface area contributed by atoms with E-state index in [1.54, 1.807) is 24.3 Å². The Kier molecular flexibility index (Phi) is 5.47. The number of carbonyl (C=O) groups excluding carboxylic acids is 1. The molecule has 0 unspecified atom stereocenters. The fraction of sp³-hybridized carbons (Fsp3) is 0.150. The van der Waals surface area contributed by atoms with Gasteiger partial charge in [0.15, 0.2) is 0 Å². The van der Waals surface area contributed by atoms with Crippen molar-refractivity contribution in [3.8, 4) is 0 Å². The zero-order valence-corrected chi connectivity index (χ0v) is 14.0. The first-order chi connectivity index (χ1) is 11.7. The zero-order chi connectivity index (χ0) is 16.8. The lowest BCUT2D eigenvalue weighted by Crippen LogP contribution is -2.31. The van der Waals surface area contributed by atoms with E-state index < -0.39 is 0 Å². The highest BCUT2D eigenvalue weighted by Crippen LogP contribution is 2.18. The summed E-state index contributed by atoms with van der Waals surface area (Å²) in [5, 5.41) is 9.40. The summed E-state index contributed by atoms with van der Waals surface area (Å²) in [6.45, 7) is 2.06. The molecule has 0 aliphatic carbocycles. The Morgan fingerprint density at radius 1 is 0.875 bits per heavy atom. The van der Waals surface area contributed by atoms with Crippen molar-refractivity contribution in [3.05, 3.63) is 82.9 Å². The van der Waals surface area contributed by atoms with Crippen molar-refractivity contribution >= 4 is 28.3 Å². The summed E-state index contributed by atoms with van der Waals surface area (Å²) < 4.78 is 0. The number of rotatable bonds is 6. The largest absolute Gasteiger partial charge is 0.351 e. The van der Waals surface area contributed by atoms with Crippen molar-refractivity contribution in [3.63, 3.8) is 0 Å². The van der Waals surface area contributed by atoms with E-state index in [4.69, 9.17) is 11.6 Å². The van der Waals surface area contributed by atoms with E-state index in [9.17, 15) is 4.79 Å². The van der Waals surface area contributed by atoms with Crippen LogP contribution in [-0.2, 0) is 6.54 Å². The molecule has 3 nitrogen and oxygen atoms in total. The van der Waals surface area contributed by atoms with Crippen LogP contribution in [0.4, 0.5) is 0 Å². The molecule has 24 heavy (non-hydrogen) atoms. The number of hydrogen-bond acceptors (Lipinski definition) is 2. The number of fused-ring (bicyclic) bond motifs is 1. The molecule has 0 spiro atoms. The van der Waals surface area contributed by atoms with Gasteiger partial charge in [-0.1, -0.05) is 54.1 Å². The molecule has 2 N–H and O–H groups in total. The van der Waals surface area contributed by atoms with Crippen LogP contribution in [0.15, 0.2) is 66.7 Å². The van der Waals surface area contributed by atoms with Gasteiger partial charge in [0.2, 0.25) is 0 Å². The van der Waals surface area contributed by atoms with Gasteiger partial charge in [0.1, 0.15) is 0 Å². The summed E-state index contributed by atoms with van der Waals surface area (Å²) in [6, 6.07) is 21.5. The highest BCUT2D eigenvalue weighted by atomic mass is 35.5. The number of carbonyl (C=O) groups is 1. The molecule has 0 saturated heterocycles. The van der Waals surface area contributed by atoms with Gasteiger partial charge in [-0.05, 0) is 40.6 Å². The van der Waals surface area contributed by atoms with Gasteiger partial charge in [-0.25, -0.2) is 0 Å². The monoisotopic (exact) mass is 338 g/mol. The Bertz CT molecular complexity index is 825. The van der Waals surface area contributed by atoms with E-state index in [-0.39, 0.29) is 5.91 Å². The number of benzene rings is 3. The van der Waals surface area contributed by atoms with E-state index in [2.05, 4.69) is 47.0 Å². The number of nitrogens with one attached hydrogen (secondary N) is 2. The van der Waals surface area contributed by atoms with Gasteiger partial charge in [-0.3, -0.25) is 4.79 Å². The molecule has 0 atom stereocenters. The van der Waals surface area contributed by atoms with Gasteiger partial charge in [0.25, 0.3) is 5.91 Å². The topological polar surface area (TPSA) is 41.1 Å². The SMILES string of the molecule is O=C(NCCNCc1cccc2ccccc12)c1ccc(Cl)cc1. The average molecular weight is 339 g/mol. The third-order valence-corrected chi connectivity index (χ3v) is 4.14. The zero-order valence-electron chi connectivity index (χ0n) is 13.3. The van der Waals surface area contributed by atoms with Crippen LogP contribution in [0.2, 0.25) is 5.02 Å². The molecule has 0 fully saturated rings. The van der Waals surface area contributed by atoms with Crippen LogP contribution in [0.1, 0.15) is 15.9 Å². The molecule has 0 aliphatic rings. The van der Waals surface area contributed by atoms with E-state index in [0.717, 1.165) is 6.54 Å². The van der Waals surface area contributed by atoms with Crippen molar-refractivity contribution in [1.29, 1.82) is 0 Å². The van der Waals surface area contributed by atoms with Crippen molar-refractivity contribution < 1.29 is 4.79 Å². The molecular weight excluding hydrogens is 320 g/mol. The molecule has 0 aromatic heterocycles. The third-order valence-electron chi connectivity index (χ3n) is 3.89. The van der Waals surface area contributed by atoms with Gasteiger partial charge in [0, 0.05) is 30.2 Å². The maximum absolute atomic E-state index is 12.0. The fourth-order valence-electron chi connectivity index (χ4n) is 2.64. The maximum Gasteiger partial charge on any atom is 0.251 e. The molecule has 4 heteroatoms. The second kappa shape index (κ2) is 7.95. The van der Waals surface area contributed by atoms with Crippen LogP contribution in [0, 0.1) is 0 Å². The number of halogens is 1. The van der Waals surface area contributed by atoms with Crippen LogP contribution >= 0.6 is 11.6 Å². The molecule has 3 aromatic carbocycles. The third kappa shape index (κ3) is 4.13. The summed E-state index contributed by atoms with van der Waals surface area (Å²) in [4.78, 5) is 12.0. The summed E-state index contributed by atoms with van der Waals surface area (Å²) in [7, 11) is 0. The Hall–Kier alpha value is -2.36. The quantitative estimate of drug-likeness (QED) is 0.667. The Labute approximate surface area is 146 Å². The smallest absolute Gasteiger partial charge is 0.251 e.